The summed E-state index contributed by atoms with van der Waals surface area (Å²) >= 11 is 0. The van der Waals surface area contributed by atoms with Crippen LogP contribution < -0.4 is 10.1 Å². The van der Waals surface area contributed by atoms with E-state index in [-0.39, 0.29) is 18.5 Å². The molecule has 0 radical (unpaired) electrons. The zero-order chi connectivity index (χ0) is 14.5. The lowest BCUT2D eigenvalue weighted by Gasteiger charge is -2.14. The van der Waals surface area contributed by atoms with E-state index in [0.717, 1.165) is 4.57 Å². The van der Waals surface area contributed by atoms with E-state index in [9.17, 15) is 8.78 Å². The van der Waals surface area contributed by atoms with Gasteiger partial charge in [0.05, 0.1) is 18.3 Å². The Morgan fingerprint density at radius 2 is 2.10 bits per heavy atom. The van der Waals surface area contributed by atoms with E-state index in [1.807, 2.05) is 13.8 Å². The minimum Gasteiger partial charge on any atom is -0.473 e. The van der Waals surface area contributed by atoms with Crippen molar-refractivity contribution in [2.75, 3.05) is 5.32 Å². The second-order valence-corrected chi connectivity index (χ2v) is 4.40. The molecule has 0 saturated heterocycles. The molecule has 5 nitrogen and oxygen atoms in total. The topological polar surface area (TPSA) is 52.0 Å². The summed E-state index contributed by atoms with van der Waals surface area (Å²) in [6, 6.07) is 3.52. The van der Waals surface area contributed by atoms with Crippen LogP contribution in [0.2, 0.25) is 0 Å². The van der Waals surface area contributed by atoms with Crippen molar-refractivity contribution >= 4 is 5.69 Å². The fraction of sp³-hybridized carbons (Fsp3) is 0.385. The van der Waals surface area contributed by atoms with Gasteiger partial charge in [-0.3, -0.25) is 4.57 Å². The highest BCUT2D eigenvalue weighted by Crippen LogP contribution is 2.22. The highest BCUT2D eigenvalue weighted by Gasteiger charge is 2.12. The summed E-state index contributed by atoms with van der Waals surface area (Å²) in [6.07, 6.45) is 4.19. The van der Waals surface area contributed by atoms with E-state index < -0.39 is 6.55 Å². The highest BCUT2D eigenvalue weighted by atomic mass is 19.3. The smallest absolute Gasteiger partial charge is 0.319 e. The molecular formula is C13H16F2N4O. The standard InChI is InChI=1S/C13H16F2N4O/c1-9(2)20-12-10(4-3-5-17-12)18-8-11-16-6-7-19(11)13(14)15/h3-7,9,13,18H,8H2,1-2H3. The van der Waals surface area contributed by atoms with Crippen LogP contribution in [0.15, 0.2) is 30.7 Å². The monoisotopic (exact) mass is 282 g/mol. The van der Waals surface area contributed by atoms with Crippen LogP contribution in [0.25, 0.3) is 0 Å². The first kappa shape index (κ1) is 14.2. The SMILES string of the molecule is CC(C)Oc1ncccc1NCc1nccn1C(F)F. The summed E-state index contributed by atoms with van der Waals surface area (Å²) in [5.41, 5.74) is 0.644. The number of halogens is 2. The average Bonchev–Trinajstić information content (AvgIpc) is 2.85. The number of hydrogen-bond acceptors (Lipinski definition) is 4. The molecule has 0 saturated carbocycles. The maximum absolute atomic E-state index is 12.7. The van der Waals surface area contributed by atoms with E-state index in [0.29, 0.717) is 11.6 Å². The number of imidazole rings is 1. The minimum absolute atomic E-state index is 0.0199. The molecule has 2 aromatic rings. The fourth-order valence-corrected chi connectivity index (χ4v) is 1.68. The van der Waals surface area contributed by atoms with Gasteiger partial charge in [0.15, 0.2) is 0 Å². The van der Waals surface area contributed by atoms with Crippen LogP contribution in [0, 0.1) is 0 Å². The predicted molar refractivity (Wildman–Crippen MR) is 70.8 cm³/mol. The van der Waals surface area contributed by atoms with Gasteiger partial charge in [-0.25, -0.2) is 9.97 Å². The van der Waals surface area contributed by atoms with Crippen LogP contribution in [-0.4, -0.2) is 20.6 Å². The maximum atomic E-state index is 12.7. The van der Waals surface area contributed by atoms with Gasteiger partial charge in [-0.2, -0.15) is 8.78 Å². The molecule has 108 valence electrons. The number of nitrogens with one attached hydrogen (secondary N) is 1. The molecule has 0 fully saturated rings. The third kappa shape index (κ3) is 3.43. The third-order valence-corrected chi connectivity index (χ3v) is 2.51. The van der Waals surface area contributed by atoms with Crippen molar-refractivity contribution in [2.45, 2.75) is 33.0 Å². The van der Waals surface area contributed by atoms with Crippen LogP contribution in [-0.2, 0) is 6.54 Å². The predicted octanol–water partition coefficient (Wildman–Crippen LogP) is 3.07. The van der Waals surface area contributed by atoms with Gasteiger partial charge in [0, 0.05) is 18.6 Å². The quantitative estimate of drug-likeness (QED) is 0.884. The molecule has 2 aromatic heterocycles. The summed E-state index contributed by atoms with van der Waals surface area (Å²) in [5.74, 6) is 0.692. The summed E-state index contributed by atoms with van der Waals surface area (Å²) in [5, 5.41) is 3.01. The summed E-state index contributed by atoms with van der Waals surface area (Å²) in [7, 11) is 0. The Labute approximate surface area is 115 Å². The van der Waals surface area contributed by atoms with E-state index in [4.69, 9.17) is 4.74 Å². The van der Waals surface area contributed by atoms with Crippen LogP contribution in [0.3, 0.4) is 0 Å². The van der Waals surface area contributed by atoms with Gasteiger partial charge < -0.3 is 10.1 Å². The van der Waals surface area contributed by atoms with E-state index >= 15 is 0 Å². The van der Waals surface area contributed by atoms with E-state index in [2.05, 4.69) is 15.3 Å². The molecule has 0 spiro atoms. The molecule has 2 rings (SSSR count). The largest absolute Gasteiger partial charge is 0.473 e. The second-order valence-electron chi connectivity index (χ2n) is 4.40. The van der Waals surface area contributed by atoms with Gasteiger partial charge >= 0.3 is 6.55 Å². The van der Waals surface area contributed by atoms with Crippen molar-refractivity contribution in [3.63, 3.8) is 0 Å². The molecule has 7 heteroatoms. The van der Waals surface area contributed by atoms with Crippen LogP contribution in [0.5, 0.6) is 5.88 Å². The number of pyridine rings is 1. The van der Waals surface area contributed by atoms with Crippen molar-refractivity contribution in [2.24, 2.45) is 0 Å². The van der Waals surface area contributed by atoms with Crippen molar-refractivity contribution in [3.05, 3.63) is 36.5 Å². The van der Waals surface area contributed by atoms with Gasteiger partial charge in [-0.1, -0.05) is 0 Å². The Morgan fingerprint density at radius 3 is 2.80 bits per heavy atom. The van der Waals surface area contributed by atoms with Crippen LogP contribution in [0.4, 0.5) is 14.5 Å². The lowest BCUT2D eigenvalue weighted by molar-refractivity contribution is 0.0673. The third-order valence-electron chi connectivity index (χ3n) is 2.51. The van der Waals surface area contributed by atoms with Gasteiger partial charge in [0.2, 0.25) is 5.88 Å². The molecule has 0 aliphatic carbocycles. The molecule has 0 aromatic carbocycles. The molecule has 0 aliphatic heterocycles. The summed E-state index contributed by atoms with van der Waals surface area (Å²) < 4.78 is 31.7. The molecular weight excluding hydrogens is 266 g/mol. The maximum Gasteiger partial charge on any atom is 0.319 e. The summed E-state index contributed by atoms with van der Waals surface area (Å²) in [4.78, 5) is 8.02. The zero-order valence-electron chi connectivity index (χ0n) is 11.3. The Hall–Kier alpha value is -2.18. The Kier molecular flexibility index (Phi) is 4.49. The number of rotatable bonds is 6. The molecule has 1 N–H and O–H groups in total. The average molecular weight is 282 g/mol. The number of ether oxygens (including phenoxy) is 1. The lowest BCUT2D eigenvalue weighted by Crippen LogP contribution is -2.12. The number of aromatic nitrogens is 3. The fourth-order valence-electron chi connectivity index (χ4n) is 1.68. The first-order valence-corrected chi connectivity index (χ1v) is 6.23. The molecule has 20 heavy (non-hydrogen) atoms. The lowest BCUT2D eigenvalue weighted by atomic mass is 10.4. The highest BCUT2D eigenvalue weighted by molar-refractivity contribution is 5.52. The normalized spacial score (nSPS) is 11.1. The van der Waals surface area contributed by atoms with Crippen LogP contribution >= 0.6 is 0 Å². The molecule has 0 amide bonds. The Morgan fingerprint density at radius 1 is 1.30 bits per heavy atom. The number of alkyl halides is 2. The van der Waals surface area contributed by atoms with Crippen LogP contribution in [0.1, 0.15) is 26.2 Å². The Balaban J connectivity index is 2.09. The van der Waals surface area contributed by atoms with E-state index in [1.165, 1.54) is 12.4 Å². The Bertz CT molecular complexity index is 557. The van der Waals surface area contributed by atoms with Crippen molar-refractivity contribution in [1.82, 2.24) is 14.5 Å². The van der Waals surface area contributed by atoms with Crippen molar-refractivity contribution in [3.8, 4) is 5.88 Å². The number of nitrogens with zero attached hydrogens (tertiary/aromatic N) is 3. The molecule has 2 heterocycles. The van der Waals surface area contributed by atoms with Crippen molar-refractivity contribution in [1.29, 1.82) is 0 Å². The van der Waals surface area contributed by atoms with Gasteiger partial charge in [-0.05, 0) is 26.0 Å². The molecule has 0 bridgehead atoms. The molecule has 0 unspecified atom stereocenters. The molecule has 0 atom stereocenters. The minimum atomic E-state index is -2.60. The molecule has 0 aliphatic rings. The van der Waals surface area contributed by atoms with E-state index in [1.54, 1.807) is 18.3 Å². The van der Waals surface area contributed by atoms with Gasteiger partial charge in [-0.15, -0.1) is 0 Å². The number of anilines is 1. The van der Waals surface area contributed by atoms with Crippen molar-refractivity contribution < 1.29 is 13.5 Å². The first-order valence-electron chi connectivity index (χ1n) is 6.23. The van der Waals surface area contributed by atoms with Gasteiger partial charge in [0.25, 0.3) is 0 Å². The number of hydrogen-bond donors (Lipinski definition) is 1. The second kappa shape index (κ2) is 6.31. The summed E-state index contributed by atoms with van der Waals surface area (Å²) in [6.45, 7) is 1.34. The first-order chi connectivity index (χ1) is 9.58. The van der Waals surface area contributed by atoms with Gasteiger partial charge in [0.1, 0.15) is 5.82 Å². The zero-order valence-corrected chi connectivity index (χ0v) is 11.3.